The van der Waals surface area contributed by atoms with Gasteiger partial charge in [0.1, 0.15) is 5.84 Å². The molecule has 1 atom stereocenters. The maximum absolute atomic E-state index is 8.56. The topological polar surface area (TPSA) is 58.6 Å². The fraction of sp³-hybridized carbons (Fsp3) is 0.300. The van der Waals surface area contributed by atoms with Gasteiger partial charge >= 0.3 is 0 Å². The molecule has 3 nitrogen and oxygen atoms in total. The molecule has 0 spiro atoms. The predicted octanol–water partition coefficient (Wildman–Crippen LogP) is 1.93. The van der Waals surface area contributed by atoms with E-state index in [-0.39, 0.29) is 11.8 Å². The van der Waals surface area contributed by atoms with Gasteiger partial charge in [0.25, 0.3) is 0 Å². The van der Waals surface area contributed by atoms with Crippen molar-refractivity contribution >= 4 is 5.84 Å². The first-order valence-electron chi connectivity index (χ1n) is 4.32. The summed E-state index contributed by atoms with van der Waals surface area (Å²) in [5.74, 6) is 0.292. The minimum absolute atomic E-state index is 0.0196. The van der Waals surface area contributed by atoms with Crippen LogP contribution in [-0.4, -0.2) is 11.0 Å². The van der Waals surface area contributed by atoms with Gasteiger partial charge in [-0.3, -0.25) is 0 Å². The number of benzene rings is 1. The standard InChI is InChI=1S/C10H14N2O/c1-2-9(10(11)12-13)8-6-4-3-5-7-8/h3-7,9,13H,2H2,1H3,(H2,11,12)/t9-/m0/s1. The molecule has 0 aliphatic carbocycles. The Bertz CT molecular complexity index is 282. The van der Waals surface area contributed by atoms with Gasteiger partial charge in [0.05, 0.1) is 0 Å². The van der Waals surface area contributed by atoms with Crippen molar-refractivity contribution in [3.8, 4) is 0 Å². The third kappa shape index (κ3) is 2.21. The first-order chi connectivity index (χ1) is 6.29. The molecule has 1 aromatic carbocycles. The molecule has 0 fully saturated rings. The molecule has 3 heteroatoms. The van der Waals surface area contributed by atoms with Gasteiger partial charge in [0.15, 0.2) is 0 Å². The molecule has 0 bridgehead atoms. The van der Waals surface area contributed by atoms with E-state index in [9.17, 15) is 0 Å². The van der Waals surface area contributed by atoms with Crippen LogP contribution in [0.15, 0.2) is 35.5 Å². The van der Waals surface area contributed by atoms with Crippen LogP contribution >= 0.6 is 0 Å². The largest absolute Gasteiger partial charge is 0.409 e. The Hall–Kier alpha value is -1.51. The summed E-state index contributed by atoms with van der Waals surface area (Å²) in [7, 11) is 0. The summed E-state index contributed by atoms with van der Waals surface area (Å²) >= 11 is 0. The van der Waals surface area contributed by atoms with Gasteiger partial charge in [-0.05, 0) is 12.0 Å². The molecular formula is C10H14N2O. The predicted molar refractivity (Wildman–Crippen MR) is 52.9 cm³/mol. The summed E-state index contributed by atoms with van der Waals surface area (Å²) in [4.78, 5) is 0. The minimum Gasteiger partial charge on any atom is -0.409 e. The van der Waals surface area contributed by atoms with Crippen LogP contribution in [0.25, 0.3) is 0 Å². The number of nitrogens with zero attached hydrogens (tertiary/aromatic N) is 1. The highest BCUT2D eigenvalue weighted by Crippen LogP contribution is 2.18. The van der Waals surface area contributed by atoms with Gasteiger partial charge in [-0.25, -0.2) is 0 Å². The molecule has 70 valence electrons. The molecule has 0 aliphatic rings. The Morgan fingerprint density at radius 3 is 2.54 bits per heavy atom. The van der Waals surface area contributed by atoms with Crippen LogP contribution in [0.2, 0.25) is 0 Å². The number of hydrogen-bond donors (Lipinski definition) is 2. The Kier molecular flexibility index (Phi) is 3.31. The fourth-order valence-corrected chi connectivity index (χ4v) is 1.37. The smallest absolute Gasteiger partial charge is 0.146 e. The van der Waals surface area contributed by atoms with Crippen molar-refractivity contribution in [2.75, 3.05) is 0 Å². The lowest BCUT2D eigenvalue weighted by molar-refractivity contribution is 0.315. The second-order valence-electron chi connectivity index (χ2n) is 2.90. The second kappa shape index (κ2) is 4.50. The lowest BCUT2D eigenvalue weighted by Gasteiger charge is -2.12. The van der Waals surface area contributed by atoms with Crippen LogP contribution < -0.4 is 5.73 Å². The summed E-state index contributed by atoms with van der Waals surface area (Å²) in [6.07, 6.45) is 0.833. The van der Waals surface area contributed by atoms with Gasteiger partial charge < -0.3 is 10.9 Å². The zero-order valence-electron chi connectivity index (χ0n) is 7.64. The van der Waals surface area contributed by atoms with Crippen molar-refractivity contribution in [1.29, 1.82) is 0 Å². The van der Waals surface area contributed by atoms with Gasteiger partial charge in [-0.15, -0.1) is 0 Å². The van der Waals surface area contributed by atoms with Crippen LogP contribution in [0.5, 0.6) is 0 Å². The van der Waals surface area contributed by atoms with Gasteiger partial charge in [-0.2, -0.15) is 0 Å². The summed E-state index contributed by atoms with van der Waals surface area (Å²) in [5.41, 5.74) is 6.64. The van der Waals surface area contributed by atoms with E-state index < -0.39 is 0 Å². The Labute approximate surface area is 77.9 Å². The molecule has 0 aromatic heterocycles. The van der Waals surface area contributed by atoms with E-state index in [0.29, 0.717) is 0 Å². The number of nitrogens with two attached hydrogens (primary N) is 1. The summed E-state index contributed by atoms with van der Waals surface area (Å²) in [6.45, 7) is 2.01. The van der Waals surface area contributed by atoms with E-state index >= 15 is 0 Å². The van der Waals surface area contributed by atoms with Gasteiger partial charge in [0, 0.05) is 5.92 Å². The molecule has 0 saturated carbocycles. The average Bonchev–Trinajstić information content (AvgIpc) is 2.20. The van der Waals surface area contributed by atoms with Crippen molar-refractivity contribution in [3.63, 3.8) is 0 Å². The van der Waals surface area contributed by atoms with Crippen LogP contribution in [0.1, 0.15) is 24.8 Å². The first kappa shape index (κ1) is 9.58. The normalized spacial score (nSPS) is 14.1. The van der Waals surface area contributed by atoms with Crippen LogP contribution in [0.4, 0.5) is 0 Å². The van der Waals surface area contributed by atoms with E-state index in [1.54, 1.807) is 0 Å². The van der Waals surface area contributed by atoms with Gasteiger partial charge in [-0.1, -0.05) is 42.4 Å². The van der Waals surface area contributed by atoms with E-state index in [0.717, 1.165) is 12.0 Å². The number of oxime groups is 1. The molecule has 0 aliphatic heterocycles. The SMILES string of the molecule is CC[C@H](/C(N)=N\O)c1ccccc1. The second-order valence-corrected chi connectivity index (χ2v) is 2.90. The van der Waals surface area contributed by atoms with Crippen molar-refractivity contribution in [2.24, 2.45) is 10.9 Å². The minimum atomic E-state index is 0.0196. The maximum atomic E-state index is 8.56. The lowest BCUT2D eigenvalue weighted by atomic mass is 9.96. The third-order valence-corrected chi connectivity index (χ3v) is 2.08. The van der Waals surface area contributed by atoms with Crippen LogP contribution in [-0.2, 0) is 0 Å². The molecular weight excluding hydrogens is 164 g/mol. The molecule has 0 amide bonds. The molecule has 0 saturated heterocycles. The summed E-state index contributed by atoms with van der Waals surface area (Å²) < 4.78 is 0. The van der Waals surface area contributed by atoms with Gasteiger partial charge in [0.2, 0.25) is 0 Å². The van der Waals surface area contributed by atoms with E-state index in [2.05, 4.69) is 5.16 Å². The molecule has 0 radical (unpaired) electrons. The third-order valence-electron chi connectivity index (χ3n) is 2.08. The van der Waals surface area contributed by atoms with Crippen LogP contribution in [0.3, 0.4) is 0 Å². The quantitative estimate of drug-likeness (QED) is 0.321. The highest BCUT2D eigenvalue weighted by atomic mass is 16.4. The molecule has 1 rings (SSSR count). The highest BCUT2D eigenvalue weighted by Gasteiger charge is 2.13. The summed E-state index contributed by atoms with van der Waals surface area (Å²) in [6, 6.07) is 9.80. The first-order valence-corrected chi connectivity index (χ1v) is 4.32. The van der Waals surface area contributed by atoms with Crippen molar-refractivity contribution in [2.45, 2.75) is 19.3 Å². The molecule has 0 unspecified atom stereocenters. The maximum Gasteiger partial charge on any atom is 0.146 e. The highest BCUT2D eigenvalue weighted by molar-refractivity contribution is 5.86. The Morgan fingerprint density at radius 1 is 1.46 bits per heavy atom. The fourth-order valence-electron chi connectivity index (χ4n) is 1.37. The van der Waals surface area contributed by atoms with E-state index in [1.165, 1.54) is 0 Å². The number of hydrogen-bond acceptors (Lipinski definition) is 2. The van der Waals surface area contributed by atoms with E-state index in [1.807, 2.05) is 37.3 Å². The van der Waals surface area contributed by atoms with Crippen LogP contribution in [0, 0.1) is 0 Å². The summed E-state index contributed by atoms with van der Waals surface area (Å²) in [5, 5.41) is 11.6. The zero-order valence-corrected chi connectivity index (χ0v) is 7.64. The molecule has 3 N–H and O–H groups in total. The molecule has 0 heterocycles. The number of rotatable bonds is 3. The van der Waals surface area contributed by atoms with Crippen molar-refractivity contribution in [1.82, 2.24) is 0 Å². The molecule has 13 heavy (non-hydrogen) atoms. The average molecular weight is 178 g/mol. The van der Waals surface area contributed by atoms with E-state index in [4.69, 9.17) is 10.9 Å². The monoisotopic (exact) mass is 178 g/mol. The lowest BCUT2D eigenvalue weighted by Crippen LogP contribution is -2.21. The Morgan fingerprint density at radius 2 is 2.08 bits per heavy atom. The van der Waals surface area contributed by atoms with Crippen molar-refractivity contribution < 1.29 is 5.21 Å². The van der Waals surface area contributed by atoms with Crippen molar-refractivity contribution in [3.05, 3.63) is 35.9 Å². The Balaban J connectivity index is 2.91. The zero-order chi connectivity index (χ0) is 9.68. The number of amidine groups is 1. The molecule has 1 aromatic rings.